The van der Waals surface area contributed by atoms with E-state index in [1.54, 1.807) is 12.1 Å². The average Bonchev–Trinajstić information content (AvgIpc) is 2.42. The second-order valence-electron chi connectivity index (χ2n) is 7.06. The van der Waals surface area contributed by atoms with Crippen molar-refractivity contribution in [1.82, 2.24) is 10.3 Å². The van der Waals surface area contributed by atoms with E-state index >= 15 is 0 Å². The summed E-state index contributed by atoms with van der Waals surface area (Å²) in [6.45, 7) is 9.82. The Hall–Kier alpha value is -2.08. The number of hydrogen-bond donors (Lipinski definition) is 4. The van der Waals surface area contributed by atoms with Gasteiger partial charge >= 0.3 is 0 Å². The molecule has 2 unspecified atom stereocenters. The van der Waals surface area contributed by atoms with Crippen LogP contribution in [0.3, 0.4) is 0 Å². The van der Waals surface area contributed by atoms with Crippen LogP contribution < -0.4 is 16.6 Å². The largest absolute Gasteiger partial charge is 0.386 e. The first-order valence-corrected chi connectivity index (χ1v) is 7.69. The highest BCUT2D eigenvalue weighted by Crippen LogP contribution is 2.28. The molecular weight excluding hydrogens is 294 g/mol. The lowest BCUT2D eigenvalue weighted by atomic mass is 9.81. The van der Waals surface area contributed by atoms with Crippen LogP contribution in [-0.4, -0.2) is 22.6 Å². The molecule has 128 valence electrons. The zero-order valence-corrected chi connectivity index (χ0v) is 14.1. The summed E-state index contributed by atoms with van der Waals surface area (Å²) in [4.78, 5) is 25.1. The summed E-state index contributed by atoms with van der Waals surface area (Å²) < 4.78 is 0. The maximum atomic E-state index is 11.9. The third kappa shape index (κ3) is 6.69. The van der Waals surface area contributed by atoms with Crippen LogP contribution >= 0.6 is 0 Å². The second-order valence-corrected chi connectivity index (χ2v) is 7.06. The quantitative estimate of drug-likeness (QED) is 0.429. The van der Waals surface area contributed by atoms with Crippen LogP contribution in [0.4, 0.5) is 0 Å². The van der Waals surface area contributed by atoms with Crippen molar-refractivity contribution in [3.63, 3.8) is 0 Å². The number of aldehydes is 1. The molecule has 0 saturated carbocycles. The number of H-pyrrole nitrogens is 1. The first kappa shape index (κ1) is 19.0. The third-order valence-corrected chi connectivity index (χ3v) is 3.58. The first-order valence-electron chi connectivity index (χ1n) is 7.69. The standard InChI is InChI=1S/C17H27N3O3/c1-11(18)19-16(23)13(9-17(2,3)4)6-5-12-7-8-14(10-21)20-15(12)22/h7-8,10,13,16,19,23H,1,5-6,9,18H2,2-4H3,(H,20,22). The normalized spacial score (nSPS) is 14.1. The highest BCUT2D eigenvalue weighted by Gasteiger charge is 2.25. The summed E-state index contributed by atoms with van der Waals surface area (Å²) in [7, 11) is 0. The van der Waals surface area contributed by atoms with E-state index in [4.69, 9.17) is 5.73 Å². The maximum absolute atomic E-state index is 11.9. The second kappa shape index (κ2) is 7.97. The van der Waals surface area contributed by atoms with Crippen molar-refractivity contribution in [3.8, 4) is 0 Å². The van der Waals surface area contributed by atoms with E-state index in [0.717, 1.165) is 6.42 Å². The SMILES string of the molecule is C=C(N)NC(O)C(CCc1ccc(C=O)[nH]c1=O)CC(C)(C)C. The highest BCUT2D eigenvalue weighted by atomic mass is 16.3. The summed E-state index contributed by atoms with van der Waals surface area (Å²) in [6, 6.07) is 3.23. The molecule has 0 aliphatic carbocycles. The van der Waals surface area contributed by atoms with E-state index in [9.17, 15) is 14.7 Å². The number of aromatic amines is 1. The van der Waals surface area contributed by atoms with Gasteiger partial charge in [-0.2, -0.15) is 0 Å². The van der Waals surface area contributed by atoms with Gasteiger partial charge in [-0.15, -0.1) is 0 Å². The van der Waals surface area contributed by atoms with Crippen molar-refractivity contribution in [1.29, 1.82) is 0 Å². The highest BCUT2D eigenvalue weighted by molar-refractivity contribution is 5.71. The van der Waals surface area contributed by atoms with Gasteiger partial charge in [0.15, 0.2) is 6.29 Å². The van der Waals surface area contributed by atoms with Crippen LogP contribution in [0.15, 0.2) is 29.3 Å². The molecule has 23 heavy (non-hydrogen) atoms. The Morgan fingerprint density at radius 3 is 2.61 bits per heavy atom. The monoisotopic (exact) mass is 321 g/mol. The van der Waals surface area contributed by atoms with E-state index in [-0.39, 0.29) is 28.4 Å². The van der Waals surface area contributed by atoms with Gasteiger partial charge in [-0.05, 0) is 30.7 Å². The molecular formula is C17H27N3O3. The van der Waals surface area contributed by atoms with Crippen LogP contribution in [0.5, 0.6) is 0 Å². The third-order valence-electron chi connectivity index (χ3n) is 3.58. The van der Waals surface area contributed by atoms with Gasteiger partial charge < -0.3 is 21.1 Å². The minimum atomic E-state index is -0.819. The van der Waals surface area contributed by atoms with Crippen LogP contribution in [0.2, 0.25) is 0 Å². The summed E-state index contributed by atoms with van der Waals surface area (Å²) in [5.74, 6) is 0.130. The Bertz CT molecular complexity index is 602. The minimum Gasteiger partial charge on any atom is -0.386 e. The van der Waals surface area contributed by atoms with Gasteiger partial charge in [0.25, 0.3) is 5.56 Å². The van der Waals surface area contributed by atoms with Crippen molar-refractivity contribution in [3.05, 3.63) is 46.1 Å². The molecule has 6 heteroatoms. The van der Waals surface area contributed by atoms with Crippen molar-refractivity contribution in [2.75, 3.05) is 0 Å². The molecule has 6 nitrogen and oxygen atoms in total. The Morgan fingerprint density at radius 2 is 2.13 bits per heavy atom. The van der Waals surface area contributed by atoms with E-state index in [1.165, 1.54) is 0 Å². The van der Waals surface area contributed by atoms with E-state index in [2.05, 4.69) is 37.7 Å². The molecule has 0 spiro atoms. The first-order chi connectivity index (χ1) is 10.6. The topological polar surface area (TPSA) is 108 Å². The van der Waals surface area contributed by atoms with Crippen LogP contribution in [0.25, 0.3) is 0 Å². The molecule has 0 saturated heterocycles. The van der Waals surface area contributed by atoms with Gasteiger partial charge in [0.2, 0.25) is 0 Å². The Labute approximate surface area is 136 Å². The fourth-order valence-corrected chi connectivity index (χ4v) is 2.59. The predicted molar refractivity (Wildman–Crippen MR) is 90.8 cm³/mol. The van der Waals surface area contributed by atoms with Gasteiger partial charge in [-0.25, -0.2) is 0 Å². The molecule has 1 aromatic heterocycles. The fraction of sp³-hybridized carbons (Fsp3) is 0.529. The summed E-state index contributed by atoms with van der Waals surface area (Å²) in [5, 5.41) is 13.0. The molecule has 0 radical (unpaired) electrons. The van der Waals surface area contributed by atoms with Gasteiger partial charge in [-0.1, -0.05) is 33.4 Å². The average molecular weight is 321 g/mol. The van der Waals surface area contributed by atoms with Crippen molar-refractivity contribution in [2.24, 2.45) is 17.1 Å². The number of pyridine rings is 1. The summed E-state index contributed by atoms with van der Waals surface area (Å²) in [6.07, 6.45) is 1.67. The lowest BCUT2D eigenvalue weighted by molar-refractivity contribution is 0.0564. The van der Waals surface area contributed by atoms with E-state index in [0.29, 0.717) is 24.7 Å². The number of nitrogens with two attached hydrogens (primary N) is 1. The molecule has 0 aromatic carbocycles. The molecule has 0 bridgehead atoms. The number of hydrogen-bond acceptors (Lipinski definition) is 5. The van der Waals surface area contributed by atoms with Gasteiger partial charge in [-0.3, -0.25) is 9.59 Å². The number of nitrogens with one attached hydrogen (secondary N) is 2. The zero-order chi connectivity index (χ0) is 17.6. The molecule has 0 amide bonds. The number of aromatic nitrogens is 1. The van der Waals surface area contributed by atoms with E-state index < -0.39 is 6.23 Å². The number of carbonyl (C=O) groups is 1. The number of aliphatic hydroxyl groups excluding tert-OH is 1. The van der Waals surface area contributed by atoms with Gasteiger partial charge in [0.05, 0.1) is 11.5 Å². The summed E-state index contributed by atoms with van der Waals surface area (Å²) >= 11 is 0. The molecule has 0 fully saturated rings. The lowest BCUT2D eigenvalue weighted by Crippen LogP contribution is -2.39. The molecule has 0 aliphatic heterocycles. The van der Waals surface area contributed by atoms with Crippen LogP contribution in [-0.2, 0) is 6.42 Å². The minimum absolute atomic E-state index is 0.0249. The maximum Gasteiger partial charge on any atom is 0.251 e. The van der Waals surface area contributed by atoms with Gasteiger partial charge in [0, 0.05) is 11.5 Å². The lowest BCUT2D eigenvalue weighted by Gasteiger charge is -2.30. The molecule has 0 aliphatic rings. The van der Waals surface area contributed by atoms with Gasteiger partial charge in [0.1, 0.15) is 6.23 Å². The molecule has 1 aromatic rings. The number of rotatable bonds is 8. The predicted octanol–water partition coefficient (Wildman–Crippen LogP) is 1.51. The summed E-state index contributed by atoms with van der Waals surface area (Å²) in [5.41, 5.74) is 6.11. The van der Waals surface area contributed by atoms with Crippen molar-refractivity contribution >= 4 is 6.29 Å². The molecule has 2 atom stereocenters. The Kier molecular flexibility index (Phi) is 6.57. The number of aliphatic hydroxyl groups is 1. The van der Waals surface area contributed by atoms with Crippen LogP contribution in [0, 0.1) is 11.3 Å². The molecule has 5 N–H and O–H groups in total. The van der Waals surface area contributed by atoms with Crippen molar-refractivity contribution < 1.29 is 9.90 Å². The zero-order valence-electron chi connectivity index (χ0n) is 14.1. The Balaban J connectivity index is 2.82. The smallest absolute Gasteiger partial charge is 0.251 e. The fourth-order valence-electron chi connectivity index (χ4n) is 2.59. The number of aryl methyl sites for hydroxylation is 1. The van der Waals surface area contributed by atoms with Crippen LogP contribution in [0.1, 0.15) is 49.7 Å². The molecule has 1 rings (SSSR count). The number of carbonyl (C=O) groups excluding carboxylic acids is 1. The Morgan fingerprint density at radius 1 is 1.48 bits per heavy atom. The van der Waals surface area contributed by atoms with E-state index in [1.807, 2.05) is 0 Å². The van der Waals surface area contributed by atoms with Crippen molar-refractivity contribution in [2.45, 2.75) is 46.3 Å². The molecule has 1 heterocycles.